The van der Waals surface area contributed by atoms with Crippen LogP contribution in [0.4, 0.5) is 0 Å². The van der Waals surface area contributed by atoms with Crippen molar-refractivity contribution >= 4 is 11.8 Å². The minimum absolute atomic E-state index is 0.158. The molecule has 0 aromatic heterocycles. The Morgan fingerprint density at radius 3 is 2.46 bits per heavy atom. The monoisotopic (exact) mass is 187 g/mol. The van der Waals surface area contributed by atoms with Crippen LogP contribution in [0.2, 0.25) is 0 Å². The van der Waals surface area contributed by atoms with Crippen LogP contribution in [0.1, 0.15) is 19.8 Å². The molecule has 0 saturated heterocycles. The molecular weight excluding hydrogens is 170 g/mol. The normalized spacial score (nSPS) is 12.2. The predicted octanol–water partition coefficient (Wildman–Crippen LogP) is -1.02. The van der Waals surface area contributed by atoms with Gasteiger partial charge in [0.15, 0.2) is 0 Å². The van der Waals surface area contributed by atoms with E-state index in [0.29, 0.717) is 6.42 Å². The van der Waals surface area contributed by atoms with Crippen molar-refractivity contribution in [1.82, 2.24) is 10.6 Å². The van der Waals surface area contributed by atoms with Gasteiger partial charge in [-0.25, -0.2) is 0 Å². The second-order valence-electron chi connectivity index (χ2n) is 2.75. The Morgan fingerprint density at radius 2 is 2.08 bits per heavy atom. The number of imide groups is 1. The van der Waals surface area contributed by atoms with Gasteiger partial charge >= 0.3 is 0 Å². The van der Waals surface area contributed by atoms with E-state index in [1.807, 2.05) is 6.92 Å². The van der Waals surface area contributed by atoms with Crippen LogP contribution < -0.4 is 16.4 Å². The fraction of sp³-hybridized carbons (Fsp3) is 0.750. The van der Waals surface area contributed by atoms with Crippen molar-refractivity contribution in [3.8, 4) is 0 Å². The van der Waals surface area contributed by atoms with Gasteiger partial charge in [0.25, 0.3) is 0 Å². The molecule has 0 aromatic rings. The highest BCUT2D eigenvalue weighted by atomic mass is 16.2. The molecule has 0 heterocycles. The van der Waals surface area contributed by atoms with Gasteiger partial charge in [0.2, 0.25) is 11.8 Å². The van der Waals surface area contributed by atoms with Crippen LogP contribution in [-0.4, -0.2) is 31.4 Å². The maximum absolute atomic E-state index is 11.3. The van der Waals surface area contributed by atoms with E-state index in [-0.39, 0.29) is 18.5 Å². The summed E-state index contributed by atoms with van der Waals surface area (Å²) in [6.07, 6.45) is 1.59. The van der Waals surface area contributed by atoms with E-state index < -0.39 is 5.91 Å². The van der Waals surface area contributed by atoms with Crippen LogP contribution >= 0.6 is 0 Å². The summed E-state index contributed by atoms with van der Waals surface area (Å²) in [5.41, 5.74) is 5.05. The Balaban J connectivity index is 3.98. The number of nitrogens with one attached hydrogen (secondary N) is 2. The molecule has 0 aliphatic rings. The van der Waals surface area contributed by atoms with Crippen LogP contribution in [0, 0.1) is 0 Å². The highest BCUT2D eigenvalue weighted by Crippen LogP contribution is 1.95. The first-order valence-electron chi connectivity index (χ1n) is 4.36. The van der Waals surface area contributed by atoms with Gasteiger partial charge in [0.05, 0.1) is 12.6 Å². The molecule has 1 unspecified atom stereocenters. The summed E-state index contributed by atoms with van der Waals surface area (Å²) in [7, 11) is 1.69. The number of rotatable bonds is 5. The summed E-state index contributed by atoms with van der Waals surface area (Å²) in [6, 6.07) is -0.305. The Bertz CT molecular complexity index is 182. The number of carbonyl (C=O) groups excluding carboxylic acids is 2. The zero-order valence-electron chi connectivity index (χ0n) is 8.09. The Hall–Kier alpha value is -0.940. The summed E-state index contributed by atoms with van der Waals surface area (Å²) in [6.45, 7) is 1.82. The molecule has 0 saturated carbocycles. The molecule has 5 heteroatoms. The van der Waals surface area contributed by atoms with E-state index in [2.05, 4.69) is 10.6 Å². The number of nitrogens with two attached hydrogens (primary N) is 1. The lowest BCUT2D eigenvalue weighted by Gasteiger charge is -2.13. The fourth-order valence-electron chi connectivity index (χ4n) is 0.971. The van der Waals surface area contributed by atoms with Gasteiger partial charge in [0, 0.05) is 0 Å². The standard InChI is InChI=1S/C8H17N3O2/c1-3-4-6(10-2)8(13)11-7(12)5-9/h6,10H,3-5,9H2,1-2H3,(H,11,12,13). The first-order valence-corrected chi connectivity index (χ1v) is 4.36. The molecule has 0 fully saturated rings. The van der Waals surface area contributed by atoms with E-state index in [1.165, 1.54) is 0 Å². The van der Waals surface area contributed by atoms with E-state index in [4.69, 9.17) is 5.73 Å². The van der Waals surface area contributed by atoms with Gasteiger partial charge in [-0.1, -0.05) is 13.3 Å². The molecule has 0 spiro atoms. The maximum Gasteiger partial charge on any atom is 0.243 e. The molecule has 0 rings (SSSR count). The lowest BCUT2D eigenvalue weighted by molar-refractivity contribution is -0.130. The third-order valence-electron chi connectivity index (χ3n) is 1.69. The third-order valence-corrected chi connectivity index (χ3v) is 1.69. The minimum Gasteiger partial charge on any atom is -0.322 e. The second-order valence-corrected chi connectivity index (χ2v) is 2.75. The van der Waals surface area contributed by atoms with Gasteiger partial charge < -0.3 is 11.1 Å². The molecule has 13 heavy (non-hydrogen) atoms. The third kappa shape index (κ3) is 4.59. The highest BCUT2D eigenvalue weighted by molar-refractivity contribution is 5.98. The SMILES string of the molecule is CCCC(NC)C(=O)NC(=O)CN. The van der Waals surface area contributed by atoms with Gasteiger partial charge in [-0.3, -0.25) is 14.9 Å². The summed E-state index contributed by atoms with van der Waals surface area (Å²) in [5, 5.41) is 5.03. The summed E-state index contributed by atoms with van der Waals surface area (Å²) >= 11 is 0. The average molecular weight is 187 g/mol. The number of likely N-dealkylation sites (N-methyl/N-ethyl adjacent to an activating group) is 1. The number of hydrogen-bond acceptors (Lipinski definition) is 4. The second kappa shape index (κ2) is 6.56. The van der Waals surface area contributed by atoms with E-state index in [0.717, 1.165) is 6.42 Å². The maximum atomic E-state index is 11.3. The zero-order chi connectivity index (χ0) is 10.3. The van der Waals surface area contributed by atoms with Crippen molar-refractivity contribution in [1.29, 1.82) is 0 Å². The van der Waals surface area contributed by atoms with E-state index in [1.54, 1.807) is 7.05 Å². The molecule has 4 N–H and O–H groups in total. The van der Waals surface area contributed by atoms with Crippen molar-refractivity contribution in [2.24, 2.45) is 5.73 Å². The number of carbonyl (C=O) groups is 2. The average Bonchev–Trinajstić information content (AvgIpc) is 2.13. The van der Waals surface area contributed by atoms with Crippen molar-refractivity contribution in [2.75, 3.05) is 13.6 Å². The summed E-state index contributed by atoms with van der Waals surface area (Å²) < 4.78 is 0. The highest BCUT2D eigenvalue weighted by Gasteiger charge is 2.16. The molecule has 0 aliphatic heterocycles. The molecule has 0 aromatic carbocycles. The van der Waals surface area contributed by atoms with Gasteiger partial charge in [0.1, 0.15) is 0 Å². The number of amides is 2. The molecule has 5 nitrogen and oxygen atoms in total. The van der Waals surface area contributed by atoms with E-state index in [9.17, 15) is 9.59 Å². The zero-order valence-corrected chi connectivity index (χ0v) is 8.09. The lowest BCUT2D eigenvalue weighted by Crippen LogP contribution is -2.46. The Kier molecular flexibility index (Phi) is 6.09. The molecule has 1 atom stereocenters. The van der Waals surface area contributed by atoms with Crippen molar-refractivity contribution in [3.05, 3.63) is 0 Å². The molecule has 0 radical (unpaired) electrons. The van der Waals surface area contributed by atoms with Gasteiger partial charge in [-0.2, -0.15) is 0 Å². The smallest absolute Gasteiger partial charge is 0.243 e. The summed E-state index contributed by atoms with van der Waals surface area (Å²) in [5.74, 6) is -0.749. The molecule has 0 bridgehead atoms. The van der Waals surface area contributed by atoms with Crippen molar-refractivity contribution in [3.63, 3.8) is 0 Å². The quantitative estimate of drug-likeness (QED) is 0.514. The summed E-state index contributed by atoms with van der Waals surface area (Å²) in [4.78, 5) is 22.0. The molecule has 76 valence electrons. The fourth-order valence-corrected chi connectivity index (χ4v) is 0.971. The van der Waals surface area contributed by atoms with Crippen LogP contribution in [-0.2, 0) is 9.59 Å². The van der Waals surface area contributed by atoms with Crippen molar-refractivity contribution < 1.29 is 9.59 Å². The van der Waals surface area contributed by atoms with E-state index >= 15 is 0 Å². The first kappa shape index (κ1) is 12.1. The molecular formula is C8H17N3O2. The van der Waals surface area contributed by atoms with Crippen LogP contribution in [0.3, 0.4) is 0 Å². The first-order chi connectivity index (χ1) is 6.15. The molecule has 2 amide bonds. The lowest BCUT2D eigenvalue weighted by atomic mass is 10.1. The van der Waals surface area contributed by atoms with Crippen LogP contribution in [0.25, 0.3) is 0 Å². The minimum atomic E-state index is -0.443. The molecule has 0 aliphatic carbocycles. The predicted molar refractivity (Wildman–Crippen MR) is 50.0 cm³/mol. The largest absolute Gasteiger partial charge is 0.322 e. The van der Waals surface area contributed by atoms with Crippen LogP contribution in [0.5, 0.6) is 0 Å². The van der Waals surface area contributed by atoms with Crippen molar-refractivity contribution in [2.45, 2.75) is 25.8 Å². The van der Waals surface area contributed by atoms with Gasteiger partial charge in [-0.15, -0.1) is 0 Å². The van der Waals surface area contributed by atoms with Gasteiger partial charge in [-0.05, 0) is 13.5 Å². The topological polar surface area (TPSA) is 84.2 Å². The Morgan fingerprint density at radius 1 is 1.46 bits per heavy atom. The Labute approximate surface area is 78.1 Å². The number of hydrogen-bond donors (Lipinski definition) is 3. The van der Waals surface area contributed by atoms with Crippen LogP contribution in [0.15, 0.2) is 0 Å².